The Morgan fingerprint density at radius 1 is 1.33 bits per heavy atom. The van der Waals surface area contributed by atoms with E-state index in [0.29, 0.717) is 18.2 Å². The lowest BCUT2D eigenvalue weighted by Gasteiger charge is -2.13. The first-order chi connectivity index (χ1) is 10.1. The van der Waals surface area contributed by atoms with E-state index in [0.717, 1.165) is 5.56 Å². The van der Waals surface area contributed by atoms with Crippen molar-refractivity contribution in [3.63, 3.8) is 0 Å². The minimum Gasteiger partial charge on any atom is -0.478 e. The van der Waals surface area contributed by atoms with Crippen molar-refractivity contribution < 1.29 is 9.53 Å². The van der Waals surface area contributed by atoms with Gasteiger partial charge in [-0.15, -0.1) is 0 Å². The highest BCUT2D eigenvalue weighted by molar-refractivity contribution is 5.91. The molecule has 0 bridgehead atoms. The minimum absolute atomic E-state index is 0.165. The first-order valence-electron chi connectivity index (χ1n) is 6.63. The van der Waals surface area contributed by atoms with Gasteiger partial charge in [0.25, 0.3) is 5.91 Å². The highest BCUT2D eigenvalue weighted by Gasteiger charge is 2.16. The van der Waals surface area contributed by atoms with Crippen LogP contribution in [0.15, 0.2) is 35.1 Å². The molecule has 1 aromatic carbocycles. The van der Waals surface area contributed by atoms with E-state index in [-0.39, 0.29) is 5.69 Å². The van der Waals surface area contributed by atoms with Gasteiger partial charge in [-0.25, -0.2) is 4.68 Å². The topological polar surface area (TPSA) is 73.2 Å². The molecule has 110 valence electrons. The maximum absolute atomic E-state index is 11.9. The van der Waals surface area contributed by atoms with Crippen molar-refractivity contribution in [2.75, 3.05) is 13.7 Å². The number of aromatic nitrogens is 2. The molecule has 0 aliphatic rings. The van der Waals surface area contributed by atoms with Crippen LogP contribution in [0.2, 0.25) is 0 Å². The van der Waals surface area contributed by atoms with Crippen molar-refractivity contribution in [2.45, 2.75) is 13.8 Å². The molecule has 2 aromatic rings. The summed E-state index contributed by atoms with van der Waals surface area (Å²) in [5, 5.41) is 6.53. The minimum atomic E-state index is -0.524. The van der Waals surface area contributed by atoms with Crippen LogP contribution in [0.5, 0.6) is 5.88 Å². The molecule has 0 atom stereocenters. The largest absolute Gasteiger partial charge is 0.478 e. The van der Waals surface area contributed by atoms with Crippen LogP contribution in [-0.4, -0.2) is 29.3 Å². The van der Waals surface area contributed by atoms with Gasteiger partial charge in [0, 0.05) is 7.05 Å². The van der Waals surface area contributed by atoms with Crippen LogP contribution in [0.4, 0.5) is 0 Å². The molecule has 0 spiro atoms. The summed E-state index contributed by atoms with van der Waals surface area (Å²) < 4.78 is 6.89. The Labute approximate surface area is 122 Å². The number of hydrogen-bond acceptors (Lipinski definition) is 4. The molecule has 1 amide bonds. The van der Waals surface area contributed by atoms with E-state index in [2.05, 4.69) is 10.4 Å². The summed E-state index contributed by atoms with van der Waals surface area (Å²) >= 11 is 0. The van der Waals surface area contributed by atoms with Gasteiger partial charge in [0.1, 0.15) is 0 Å². The summed E-state index contributed by atoms with van der Waals surface area (Å²) in [5.41, 5.74) is 1.18. The number of carbonyl (C=O) groups excluding carboxylic acids is 1. The molecule has 0 aliphatic carbocycles. The molecule has 2 rings (SSSR count). The fourth-order valence-electron chi connectivity index (χ4n) is 1.84. The van der Waals surface area contributed by atoms with Gasteiger partial charge >= 0.3 is 0 Å². The third-order valence-corrected chi connectivity index (χ3v) is 2.91. The average Bonchev–Trinajstić information content (AvgIpc) is 2.48. The number of rotatable bonds is 4. The summed E-state index contributed by atoms with van der Waals surface area (Å²) in [5.74, 6) is -0.220. The smallest absolute Gasteiger partial charge is 0.275 e. The Morgan fingerprint density at radius 2 is 2.00 bits per heavy atom. The van der Waals surface area contributed by atoms with E-state index < -0.39 is 11.3 Å². The van der Waals surface area contributed by atoms with Crippen LogP contribution in [0, 0.1) is 6.92 Å². The van der Waals surface area contributed by atoms with Gasteiger partial charge in [-0.1, -0.05) is 17.7 Å². The van der Waals surface area contributed by atoms with E-state index in [1.165, 1.54) is 17.8 Å². The van der Waals surface area contributed by atoms with Gasteiger partial charge in [0.15, 0.2) is 5.69 Å². The van der Waals surface area contributed by atoms with E-state index >= 15 is 0 Å². The predicted molar refractivity (Wildman–Crippen MR) is 79.1 cm³/mol. The van der Waals surface area contributed by atoms with Crippen molar-refractivity contribution in [3.8, 4) is 11.6 Å². The molecular weight excluding hydrogens is 270 g/mol. The van der Waals surface area contributed by atoms with Gasteiger partial charge in [-0.3, -0.25) is 9.59 Å². The summed E-state index contributed by atoms with van der Waals surface area (Å²) in [7, 11) is 1.45. The molecule has 0 saturated heterocycles. The highest BCUT2D eigenvalue weighted by Crippen LogP contribution is 2.16. The van der Waals surface area contributed by atoms with Crippen molar-refractivity contribution in [1.82, 2.24) is 15.1 Å². The Kier molecular flexibility index (Phi) is 4.37. The molecular formula is C15H17N3O3. The van der Waals surface area contributed by atoms with Gasteiger partial charge in [0.2, 0.25) is 11.3 Å². The number of nitrogens with one attached hydrogen (secondary N) is 1. The van der Waals surface area contributed by atoms with Crippen LogP contribution < -0.4 is 15.5 Å². The number of ether oxygens (including phenoxy) is 1. The summed E-state index contributed by atoms with van der Waals surface area (Å²) in [6.45, 7) is 4.19. The molecule has 0 saturated carbocycles. The van der Waals surface area contributed by atoms with Crippen molar-refractivity contribution in [3.05, 3.63) is 51.8 Å². The molecule has 6 heteroatoms. The molecule has 0 radical (unpaired) electrons. The molecule has 0 aliphatic heterocycles. The van der Waals surface area contributed by atoms with Crippen molar-refractivity contribution in [1.29, 1.82) is 0 Å². The second-order valence-corrected chi connectivity index (χ2v) is 4.45. The number of nitrogens with zero attached hydrogens (tertiary/aromatic N) is 2. The highest BCUT2D eigenvalue weighted by atomic mass is 16.5. The number of hydrogen-bond donors (Lipinski definition) is 1. The Bertz CT molecular complexity index is 705. The number of aryl methyl sites for hydroxylation is 1. The zero-order valence-electron chi connectivity index (χ0n) is 12.2. The Balaban J connectivity index is 2.63. The third kappa shape index (κ3) is 3.10. The van der Waals surface area contributed by atoms with Gasteiger partial charge in [0.05, 0.1) is 18.4 Å². The van der Waals surface area contributed by atoms with Crippen molar-refractivity contribution >= 4 is 5.91 Å². The second kappa shape index (κ2) is 6.21. The van der Waals surface area contributed by atoms with Gasteiger partial charge in [-0.2, -0.15) is 5.10 Å². The fourth-order valence-corrected chi connectivity index (χ4v) is 1.84. The normalized spacial score (nSPS) is 10.2. The molecule has 1 heterocycles. The first-order valence-corrected chi connectivity index (χ1v) is 6.63. The molecule has 0 unspecified atom stereocenters. The van der Waals surface area contributed by atoms with Gasteiger partial charge < -0.3 is 10.1 Å². The lowest BCUT2D eigenvalue weighted by atomic mass is 10.2. The maximum Gasteiger partial charge on any atom is 0.275 e. The molecule has 0 fully saturated rings. The Morgan fingerprint density at radius 3 is 2.57 bits per heavy atom. The molecule has 1 aromatic heterocycles. The zero-order valence-corrected chi connectivity index (χ0v) is 12.2. The number of benzene rings is 1. The lowest BCUT2D eigenvalue weighted by molar-refractivity contribution is 0.0955. The number of amides is 1. The second-order valence-electron chi connectivity index (χ2n) is 4.45. The van der Waals surface area contributed by atoms with E-state index in [1.807, 2.05) is 38.1 Å². The summed E-state index contributed by atoms with van der Waals surface area (Å²) in [6.07, 6.45) is 0. The van der Waals surface area contributed by atoms with Crippen molar-refractivity contribution in [2.24, 2.45) is 0 Å². The monoisotopic (exact) mass is 287 g/mol. The van der Waals surface area contributed by atoms with E-state index in [9.17, 15) is 9.59 Å². The maximum atomic E-state index is 11.9. The zero-order chi connectivity index (χ0) is 15.4. The molecule has 6 nitrogen and oxygen atoms in total. The van der Waals surface area contributed by atoms with E-state index in [4.69, 9.17) is 4.74 Å². The SMILES string of the molecule is CCOc1cc(=O)c(C(=O)NC)nn1-c1ccc(C)cc1. The Hall–Kier alpha value is -2.63. The summed E-state index contributed by atoms with van der Waals surface area (Å²) in [4.78, 5) is 23.6. The lowest BCUT2D eigenvalue weighted by Crippen LogP contribution is -2.29. The first kappa shape index (κ1) is 14.8. The van der Waals surface area contributed by atoms with Crippen LogP contribution in [0.3, 0.4) is 0 Å². The van der Waals surface area contributed by atoms with Crippen LogP contribution in [0.1, 0.15) is 23.0 Å². The summed E-state index contributed by atoms with van der Waals surface area (Å²) in [6, 6.07) is 8.82. The molecule has 21 heavy (non-hydrogen) atoms. The van der Waals surface area contributed by atoms with Crippen LogP contribution in [0.25, 0.3) is 5.69 Å². The average molecular weight is 287 g/mol. The standard InChI is InChI=1S/C15H17N3O3/c1-4-21-13-9-12(19)14(15(20)16-3)17-18(13)11-7-5-10(2)6-8-11/h5-9H,4H2,1-3H3,(H,16,20). The fraction of sp³-hybridized carbons (Fsp3) is 0.267. The molecule has 1 N–H and O–H groups in total. The number of carbonyl (C=O) groups is 1. The predicted octanol–water partition coefficient (Wildman–Crippen LogP) is 1.30. The van der Waals surface area contributed by atoms with Crippen LogP contribution >= 0.6 is 0 Å². The van der Waals surface area contributed by atoms with Gasteiger partial charge in [-0.05, 0) is 26.0 Å². The third-order valence-electron chi connectivity index (χ3n) is 2.91. The quantitative estimate of drug-likeness (QED) is 0.920. The van der Waals surface area contributed by atoms with Crippen LogP contribution in [-0.2, 0) is 0 Å². The van der Waals surface area contributed by atoms with E-state index in [1.54, 1.807) is 0 Å².